The molecule has 2 aromatic rings. The molecular weight excluding hydrogens is 226 g/mol. The topological polar surface area (TPSA) is 33.5 Å². The number of hydrogen-bond donors (Lipinski definition) is 0. The number of rotatable bonds is 3. The van der Waals surface area contributed by atoms with Crippen molar-refractivity contribution in [2.24, 2.45) is 0 Å². The Morgan fingerprint density at radius 1 is 1.17 bits per heavy atom. The highest BCUT2D eigenvalue weighted by Crippen LogP contribution is 2.13. The van der Waals surface area contributed by atoms with Crippen molar-refractivity contribution in [1.29, 1.82) is 0 Å². The molecule has 1 heterocycles. The van der Waals surface area contributed by atoms with Gasteiger partial charge in [0.15, 0.2) is 0 Å². The molecule has 3 nitrogen and oxygen atoms in total. The summed E-state index contributed by atoms with van der Waals surface area (Å²) in [5, 5.41) is 0. The molecule has 0 atom stereocenters. The number of carbonyl (C=O) groups excluding carboxylic acids is 1. The van der Waals surface area contributed by atoms with Gasteiger partial charge in [0.2, 0.25) is 0 Å². The molecule has 0 aliphatic heterocycles. The molecule has 0 saturated carbocycles. The van der Waals surface area contributed by atoms with Gasteiger partial charge in [-0.3, -0.25) is 4.79 Å². The Hall–Kier alpha value is -2.03. The van der Waals surface area contributed by atoms with Crippen LogP contribution in [0.15, 0.2) is 40.8 Å². The second kappa shape index (κ2) is 5.08. The van der Waals surface area contributed by atoms with Crippen LogP contribution in [0.5, 0.6) is 0 Å². The highest BCUT2D eigenvalue weighted by Gasteiger charge is 2.14. The van der Waals surface area contributed by atoms with E-state index in [0.29, 0.717) is 6.54 Å². The van der Waals surface area contributed by atoms with Gasteiger partial charge in [-0.05, 0) is 37.6 Å². The van der Waals surface area contributed by atoms with E-state index in [1.165, 1.54) is 0 Å². The van der Waals surface area contributed by atoms with Crippen LogP contribution in [-0.4, -0.2) is 17.9 Å². The summed E-state index contributed by atoms with van der Waals surface area (Å²) in [5.41, 5.74) is 1.73. The molecule has 1 amide bonds. The zero-order valence-electron chi connectivity index (χ0n) is 10.9. The van der Waals surface area contributed by atoms with Gasteiger partial charge in [0.25, 0.3) is 5.91 Å². The second-order valence-corrected chi connectivity index (χ2v) is 4.49. The summed E-state index contributed by atoms with van der Waals surface area (Å²) in [5.74, 6) is 1.68. The molecule has 0 aliphatic rings. The van der Waals surface area contributed by atoms with Crippen molar-refractivity contribution >= 4 is 5.91 Å². The van der Waals surface area contributed by atoms with Crippen LogP contribution in [0.25, 0.3) is 0 Å². The van der Waals surface area contributed by atoms with Gasteiger partial charge in [0.1, 0.15) is 11.5 Å². The second-order valence-electron chi connectivity index (χ2n) is 4.49. The monoisotopic (exact) mass is 243 g/mol. The Kier molecular flexibility index (Phi) is 3.51. The van der Waals surface area contributed by atoms with E-state index in [-0.39, 0.29) is 5.91 Å². The lowest BCUT2D eigenvalue weighted by atomic mass is 10.1. The molecular formula is C15H17NO2. The lowest BCUT2D eigenvalue weighted by molar-refractivity contribution is 0.0774. The summed E-state index contributed by atoms with van der Waals surface area (Å²) >= 11 is 0. The average molecular weight is 243 g/mol. The molecule has 0 N–H and O–H groups in total. The molecule has 1 aromatic heterocycles. The number of furan rings is 1. The van der Waals surface area contributed by atoms with Crippen molar-refractivity contribution in [2.45, 2.75) is 20.4 Å². The molecule has 1 aromatic carbocycles. The van der Waals surface area contributed by atoms with Crippen LogP contribution in [0, 0.1) is 13.8 Å². The van der Waals surface area contributed by atoms with E-state index in [0.717, 1.165) is 22.6 Å². The Morgan fingerprint density at radius 2 is 1.89 bits per heavy atom. The van der Waals surface area contributed by atoms with Crippen LogP contribution in [0.2, 0.25) is 0 Å². The average Bonchev–Trinajstić information content (AvgIpc) is 2.74. The standard InChI is InChI=1S/C15H17NO2/c1-11-6-4-5-7-14(11)15(17)16(3)10-13-9-8-12(2)18-13/h4-9H,10H2,1-3H3. The Bertz CT molecular complexity index is 557. The SMILES string of the molecule is Cc1ccc(CN(C)C(=O)c2ccccc2C)o1. The summed E-state index contributed by atoms with van der Waals surface area (Å²) in [6.45, 7) is 4.33. The first-order chi connectivity index (χ1) is 8.58. The summed E-state index contributed by atoms with van der Waals surface area (Å²) in [4.78, 5) is 13.9. The fourth-order valence-corrected chi connectivity index (χ4v) is 1.89. The quantitative estimate of drug-likeness (QED) is 0.829. The van der Waals surface area contributed by atoms with E-state index in [4.69, 9.17) is 4.42 Å². The maximum absolute atomic E-state index is 12.3. The fourth-order valence-electron chi connectivity index (χ4n) is 1.89. The first-order valence-corrected chi connectivity index (χ1v) is 5.94. The van der Waals surface area contributed by atoms with E-state index in [9.17, 15) is 4.79 Å². The zero-order valence-corrected chi connectivity index (χ0v) is 10.9. The first kappa shape index (κ1) is 12.4. The van der Waals surface area contributed by atoms with Crippen molar-refractivity contribution in [1.82, 2.24) is 4.90 Å². The predicted molar refractivity (Wildman–Crippen MR) is 70.4 cm³/mol. The van der Waals surface area contributed by atoms with Crippen molar-refractivity contribution < 1.29 is 9.21 Å². The number of aryl methyl sites for hydroxylation is 2. The van der Waals surface area contributed by atoms with E-state index in [1.807, 2.05) is 50.2 Å². The highest BCUT2D eigenvalue weighted by molar-refractivity contribution is 5.95. The third-order valence-electron chi connectivity index (χ3n) is 2.91. The van der Waals surface area contributed by atoms with Gasteiger partial charge in [0, 0.05) is 12.6 Å². The van der Waals surface area contributed by atoms with E-state index in [1.54, 1.807) is 11.9 Å². The summed E-state index contributed by atoms with van der Waals surface area (Å²) < 4.78 is 5.48. The maximum atomic E-state index is 12.3. The molecule has 0 aliphatic carbocycles. The van der Waals surface area contributed by atoms with E-state index < -0.39 is 0 Å². The molecule has 0 bridgehead atoms. The summed E-state index contributed by atoms with van der Waals surface area (Å²) in [7, 11) is 1.78. The van der Waals surface area contributed by atoms with Crippen LogP contribution < -0.4 is 0 Å². The van der Waals surface area contributed by atoms with Gasteiger partial charge in [-0.1, -0.05) is 18.2 Å². The van der Waals surface area contributed by atoms with Crippen LogP contribution in [0.1, 0.15) is 27.4 Å². The molecule has 0 unspecified atom stereocenters. The minimum absolute atomic E-state index is 0.0159. The third-order valence-corrected chi connectivity index (χ3v) is 2.91. The molecule has 18 heavy (non-hydrogen) atoms. The van der Waals surface area contributed by atoms with Gasteiger partial charge >= 0.3 is 0 Å². The number of nitrogens with zero attached hydrogens (tertiary/aromatic N) is 1. The number of benzene rings is 1. The fraction of sp³-hybridized carbons (Fsp3) is 0.267. The van der Waals surface area contributed by atoms with Gasteiger partial charge in [-0.2, -0.15) is 0 Å². The summed E-state index contributed by atoms with van der Waals surface area (Å²) in [6, 6.07) is 11.4. The lowest BCUT2D eigenvalue weighted by Crippen LogP contribution is -2.26. The predicted octanol–water partition coefficient (Wildman–Crippen LogP) is 3.17. The highest BCUT2D eigenvalue weighted by atomic mass is 16.3. The Morgan fingerprint density at radius 3 is 2.50 bits per heavy atom. The van der Waals surface area contributed by atoms with Crippen molar-refractivity contribution in [2.75, 3.05) is 7.05 Å². The van der Waals surface area contributed by atoms with Crippen LogP contribution >= 0.6 is 0 Å². The van der Waals surface area contributed by atoms with Crippen LogP contribution in [-0.2, 0) is 6.54 Å². The first-order valence-electron chi connectivity index (χ1n) is 5.94. The zero-order chi connectivity index (χ0) is 13.1. The Labute approximate surface area is 107 Å². The minimum Gasteiger partial charge on any atom is -0.464 e. The molecule has 94 valence electrons. The number of carbonyl (C=O) groups is 1. The van der Waals surface area contributed by atoms with Crippen LogP contribution in [0.4, 0.5) is 0 Å². The number of amides is 1. The molecule has 0 radical (unpaired) electrons. The van der Waals surface area contributed by atoms with E-state index in [2.05, 4.69) is 0 Å². The van der Waals surface area contributed by atoms with E-state index >= 15 is 0 Å². The van der Waals surface area contributed by atoms with Crippen molar-refractivity contribution in [3.05, 3.63) is 59.0 Å². The van der Waals surface area contributed by atoms with Crippen molar-refractivity contribution in [3.63, 3.8) is 0 Å². The normalized spacial score (nSPS) is 10.4. The van der Waals surface area contributed by atoms with Gasteiger partial charge in [-0.15, -0.1) is 0 Å². The van der Waals surface area contributed by atoms with Crippen molar-refractivity contribution in [3.8, 4) is 0 Å². The molecule has 2 rings (SSSR count). The molecule has 0 saturated heterocycles. The van der Waals surface area contributed by atoms with Gasteiger partial charge < -0.3 is 9.32 Å². The minimum atomic E-state index is 0.0159. The smallest absolute Gasteiger partial charge is 0.254 e. The lowest BCUT2D eigenvalue weighted by Gasteiger charge is -2.17. The molecule has 3 heteroatoms. The van der Waals surface area contributed by atoms with Gasteiger partial charge in [-0.25, -0.2) is 0 Å². The third kappa shape index (κ3) is 2.62. The van der Waals surface area contributed by atoms with Gasteiger partial charge in [0.05, 0.1) is 6.54 Å². The maximum Gasteiger partial charge on any atom is 0.254 e. The van der Waals surface area contributed by atoms with Crippen LogP contribution in [0.3, 0.4) is 0 Å². The molecule has 0 fully saturated rings. The largest absolute Gasteiger partial charge is 0.464 e. The number of hydrogen-bond acceptors (Lipinski definition) is 2. The Balaban J connectivity index is 2.12. The molecule has 0 spiro atoms. The summed E-state index contributed by atoms with van der Waals surface area (Å²) in [6.07, 6.45) is 0.